The molecule has 2 bridgehead atoms. The van der Waals surface area contributed by atoms with Crippen LogP contribution in [0.5, 0.6) is 11.5 Å². The number of nitrogens with zero attached hydrogens (tertiary/aromatic N) is 1. The number of rotatable bonds is 1. The van der Waals surface area contributed by atoms with Crippen LogP contribution in [0.2, 0.25) is 0 Å². The van der Waals surface area contributed by atoms with Gasteiger partial charge in [0, 0.05) is 25.3 Å². The van der Waals surface area contributed by atoms with Crippen molar-refractivity contribution >= 4 is 0 Å². The van der Waals surface area contributed by atoms with E-state index in [4.69, 9.17) is 14.2 Å². The first kappa shape index (κ1) is 13.8. The number of aliphatic hydroxyl groups excluding tert-OH is 2. The summed E-state index contributed by atoms with van der Waals surface area (Å²) in [5.41, 5.74) is 1.21. The van der Waals surface area contributed by atoms with E-state index >= 15 is 0 Å². The molecule has 3 aliphatic heterocycles. The number of methoxy groups -OCH3 is 1. The average molecular weight is 317 g/mol. The summed E-state index contributed by atoms with van der Waals surface area (Å²) in [6.45, 7) is 0.631. The molecule has 23 heavy (non-hydrogen) atoms. The highest BCUT2D eigenvalue weighted by Gasteiger charge is 2.61. The van der Waals surface area contributed by atoms with Gasteiger partial charge in [-0.3, -0.25) is 4.90 Å². The fourth-order valence-corrected chi connectivity index (χ4v) is 4.71. The van der Waals surface area contributed by atoms with Crippen molar-refractivity contribution in [1.82, 2.24) is 4.90 Å². The van der Waals surface area contributed by atoms with Crippen LogP contribution in [0.15, 0.2) is 24.3 Å². The predicted octanol–water partition coefficient (Wildman–Crippen LogP) is 0.678. The summed E-state index contributed by atoms with van der Waals surface area (Å²) in [7, 11) is 1.69. The van der Waals surface area contributed by atoms with Crippen LogP contribution in [0.3, 0.4) is 0 Å². The number of aliphatic hydroxyl groups is 2. The first-order chi connectivity index (χ1) is 11.1. The summed E-state index contributed by atoms with van der Waals surface area (Å²) in [5, 5.41) is 21.7. The van der Waals surface area contributed by atoms with E-state index in [-0.39, 0.29) is 18.9 Å². The SMILES string of the molecule is CO[C@H]1C=C[C@@]23c4cc5c(cc4C(O)N(C[C@@H]2O)[C@H]3C1)OCO5. The van der Waals surface area contributed by atoms with E-state index in [1.165, 1.54) is 0 Å². The van der Waals surface area contributed by atoms with Crippen LogP contribution in [-0.4, -0.2) is 53.8 Å². The van der Waals surface area contributed by atoms with E-state index in [1.807, 2.05) is 23.1 Å². The largest absolute Gasteiger partial charge is 0.454 e. The van der Waals surface area contributed by atoms with Gasteiger partial charge in [-0.1, -0.05) is 12.2 Å². The van der Waals surface area contributed by atoms with Crippen molar-refractivity contribution in [2.75, 3.05) is 20.4 Å². The van der Waals surface area contributed by atoms with Gasteiger partial charge < -0.3 is 24.4 Å². The van der Waals surface area contributed by atoms with Gasteiger partial charge in [0.2, 0.25) is 6.79 Å². The van der Waals surface area contributed by atoms with Crippen LogP contribution >= 0.6 is 0 Å². The second-order valence-corrected chi connectivity index (χ2v) is 6.70. The quantitative estimate of drug-likeness (QED) is 0.742. The van der Waals surface area contributed by atoms with Crippen molar-refractivity contribution in [2.24, 2.45) is 0 Å². The molecule has 2 N–H and O–H groups in total. The Balaban J connectivity index is 1.75. The molecule has 0 saturated carbocycles. The maximum Gasteiger partial charge on any atom is 0.231 e. The molecule has 0 spiro atoms. The Morgan fingerprint density at radius 1 is 1.26 bits per heavy atom. The van der Waals surface area contributed by atoms with Crippen LogP contribution in [-0.2, 0) is 10.2 Å². The average Bonchev–Trinajstić information content (AvgIpc) is 3.12. The van der Waals surface area contributed by atoms with Crippen LogP contribution in [0, 0.1) is 0 Å². The van der Waals surface area contributed by atoms with Crippen LogP contribution < -0.4 is 9.47 Å². The molecule has 4 aliphatic rings. The molecule has 0 radical (unpaired) electrons. The standard InChI is InChI=1S/C17H19NO5/c1-21-9-2-3-17-11-6-13-12(22-8-23-13)5-10(11)16(20)18(7-15(17)19)14(17)4-9/h2-3,5-6,9,14-16,19-20H,4,7-8H2,1H3/t9-,14-,15-,16?,17-/m0/s1. The highest BCUT2D eigenvalue weighted by Crippen LogP contribution is 2.56. The fourth-order valence-electron chi connectivity index (χ4n) is 4.71. The molecule has 6 nitrogen and oxygen atoms in total. The molecular weight excluding hydrogens is 298 g/mol. The minimum absolute atomic E-state index is 0.00341. The van der Waals surface area contributed by atoms with Crippen molar-refractivity contribution < 1.29 is 24.4 Å². The summed E-state index contributed by atoms with van der Waals surface area (Å²) >= 11 is 0. The minimum Gasteiger partial charge on any atom is -0.454 e. The van der Waals surface area contributed by atoms with Gasteiger partial charge in [-0.05, 0) is 24.1 Å². The topological polar surface area (TPSA) is 71.4 Å². The Hall–Kier alpha value is -1.60. The predicted molar refractivity (Wildman–Crippen MR) is 80.3 cm³/mol. The summed E-state index contributed by atoms with van der Waals surface area (Å²) < 4.78 is 16.4. The van der Waals surface area contributed by atoms with Gasteiger partial charge in [0.15, 0.2) is 11.5 Å². The third kappa shape index (κ3) is 1.57. The highest BCUT2D eigenvalue weighted by molar-refractivity contribution is 5.57. The van der Waals surface area contributed by atoms with Gasteiger partial charge >= 0.3 is 0 Å². The molecule has 122 valence electrons. The van der Waals surface area contributed by atoms with Gasteiger partial charge in [0.05, 0.1) is 17.6 Å². The van der Waals surface area contributed by atoms with Crippen molar-refractivity contribution in [3.05, 3.63) is 35.4 Å². The third-order valence-corrected chi connectivity index (χ3v) is 5.84. The van der Waals surface area contributed by atoms with E-state index in [2.05, 4.69) is 6.08 Å². The molecule has 3 heterocycles. The smallest absolute Gasteiger partial charge is 0.231 e. The maximum absolute atomic E-state index is 10.8. The summed E-state index contributed by atoms with van der Waals surface area (Å²) in [6, 6.07) is 3.79. The van der Waals surface area contributed by atoms with E-state index < -0.39 is 17.7 Å². The number of ether oxygens (including phenoxy) is 3. The zero-order valence-electron chi connectivity index (χ0n) is 12.8. The normalized spacial score (nSPS) is 42.5. The molecule has 5 rings (SSSR count). The number of benzene rings is 1. The Morgan fingerprint density at radius 2 is 2.04 bits per heavy atom. The molecular formula is C17H19NO5. The molecule has 0 amide bonds. The van der Waals surface area contributed by atoms with Gasteiger partial charge in [-0.25, -0.2) is 0 Å². The number of hydrogen-bond donors (Lipinski definition) is 2. The first-order valence-electron chi connectivity index (χ1n) is 7.93. The number of fused-ring (bicyclic) bond motifs is 2. The molecule has 2 unspecified atom stereocenters. The van der Waals surface area contributed by atoms with Gasteiger partial charge in [-0.2, -0.15) is 0 Å². The molecule has 1 aliphatic carbocycles. The molecule has 1 saturated heterocycles. The first-order valence-corrected chi connectivity index (χ1v) is 7.93. The van der Waals surface area contributed by atoms with Crippen LogP contribution in [0.1, 0.15) is 23.8 Å². The second-order valence-electron chi connectivity index (χ2n) is 6.70. The molecule has 1 aromatic rings. The Bertz CT molecular complexity index is 704. The molecule has 6 atom stereocenters. The Kier molecular flexibility index (Phi) is 2.69. The fraction of sp³-hybridized carbons (Fsp3) is 0.529. The lowest BCUT2D eigenvalue weighted by Crippen LogP contribution is -2.53. The Morgan fingerprint density at radius 3 is 2.83 bits per heavy atom. The Labute approximate surface area is 133 Å². The lowest BCUT2D eigenvalue weighted by molar-refractivity contribution is -0.0399. The molecule has 1 aromatic carbocycles. The lowest BCUT2D eigenvalue weighted by atomic mass is 9.65. The number of hydrogen-bond acceptors (Lipinski definition) is 6. The zero-order chi connectivity index (χ0) is 15.8. The van der Waals surface area contributed by atoms with Crippen molar-refractivity contribution in [3.63, 3.8) is 0 Å². The lowest BCUT2D eigenvalue weighted by Gasteiger charge is -2.48. The van der Waals surface area contributed by atoms with Gasteiger partial charge in [0.25, 0.3) is 0 Å². The van der Waals surface area contributed by atoms with Crippen molar-refractivity contribution in [2.45, 2.75) is 36.3 Å². The molecule has 6 heteroatoms. The molecule has 1 fully saturated rings. The summed E-state index contributed by atoms with van der Waals surface area (Å²) in [6.07, 6.45) is 3.51. The van der Waals surface area contributed by atoms with Crippen molar-refractivity contribution in [3.8, 4) is 11.5 Å². The van der Waals surface area contributed by atoms with Crippen molar-refractivity contribution in [1.29, 1.82) is 0 Å². The maximum atomic E-state index is 10.8. The monoisotopic (exact) mass is 317 g/mol. The zero-order valence-corrected chi connectivity index (χ0v) is 12.8. The van der Waals surface area contributed by atoms with Gasteiger partial charge in [-0.15, -0.1) is 0 Å². The molecule has 0 aromatic heterocycles. The van der Waals surface area contributed by atoms with E-state index in [1.54, 1.807) is 7.11 Å². The summed E-state index contributed by atoms with van der Waals surface area (Å²) in [4.78, 5) is 1.98. The third-order valence-electron chi connectivity index (χ3n) is 5.84. The second kappa shape index (κ2) is 4.48. The van der Waals surface area contributed by atoms with Gasteiger partial charge in [0.1, 0.15) is 6.23 Å². The highest BCUT2D eigenvalue weighted by atomic mass is 16.7. The van der Waals surface area contributed by atoms with E-state index in [0.717, 1.165) is 17.5 Å². The van der Waals surface area contributed by atoms with Crippen LogP contribution in [0.4, 0.5) is 0 Å². The van der Waals surface area contributed by atoms with E-state index in [9.17, 15) is 10.2 Å². The van der Waals surface area contributed by atoms with Crippen LogP contribution in [0.25, 0.3) is 0 Å². The van der Waals surface area contributed by atoms with E-state index in [0.29, 0.717) is 18.0 Å². The minimum atomic E-state index is -0.751. The summed E-state index contributed by atoms with van der Waals surface area (Å²) in [5.74, 6) is 1.33.